The number of carbonyl (C=O) groups is 2. The van der Waals surface area contributed by atoms with E-state index in [1.165, 1.54) is 28.7 Å². The number of likely N-dealkylation sites (tertiary alicyclic amines) is 1. The molecular weight excluding hydrogens is 416 g/mol. The summed E-state index contributed by atoms with van der Waals surface area (Å²) < 4.78 is 29.9. The van der Waals surface area contributed by atoms with Crippen LogP contribution in [0, 0.1) is 6.92 Å². The molecule has 4 rings (SSSR count). The lowest BCUT2D eigenvalue weighted by atomic mass is 10.1. The van der Waals surface area contributed by atoms with Crippen molar-refractivity contribution in [2.75, 3.05) is 13.1 Å². The fourth-order valence-corrected chi connectivity index (χ4v) is 4.22. The molecule has 1 fully saturated rings. The number of nitrogens with zero attached hydrogens (tertiary/aromatic N) is 1. The van der Waals surface area contributed by atoms with Crippen molar-refractivity contribution in [3.8, 4) is 5.75 Å². The first-order chi connectivity index (χ1) is 15.4. The van der Waals surface area contributed by atoms with Crippen LogP contribution in [-0.2, 0) is 11.2 Å². The zero-order chi connectivity index (χ0) is 22.7. The number of rotatable bonds is 7. The van der Waals surface area contributed by atoms with Crippen LogP contribution in [0.1, 0.15) is 34.3 Å². The number of carbonyl (C=O) groups excluding carboxylic acids is 2. The van der Waals surface area contributed by atoms with Crippen molar-refractivity contribution in [3.05, 3.63) is 65.4 Å². The summed E-state index contributed by atoms with van der Waals surface area (Å²) in [5.41, 5.74) is 3.37. The Morgan fingerprint density at radius 2 is 2.06 bits per heavy atom. The minimum atomic E-state index is -3.03. The number of hydrogen-bond donors (Lipinski definition) is 2. The Bertz CT molecular complexity index is 1130. The Morgan fingerprint density at radius 1 is 1.25 bits per heavy atom. The minimum absolute atomic E-state index is 0.0292. The summed E-state index contributed by atoms with van der Waals surface area (Å²) in [6.45, 7) is -0.173. The molecule has 1 saturated heterocycles. The van der Waals surface area contributed by atoms with Crippen LogP contribution in [0.4, 0.5) is 8.78 Å². The Hall–Kier alpha value is -3.42. The number of aryl methyl sites for hydroxylation is 1. The maximum atomic E-state index is 13.0. The molecule has 1 atom stereocenters. The van der Waals surface area contributed by atoms with Gasteiger partial charge in [0.25, 0.3) is 5.91 Å². The molecule has 1 aliphatic heterocycles. The average molecular weight is 441 g/mol. The molecule has 0 bridgehead atoms. The number of amides is 2. The smallest absolute Gasteiger partial charge is 0.387 e. The quantitative estimate of drug-likeness (QED) is 0.581. The van der Waals surface area contributed by atoms with Crippen LogP contribution in [0.2, 0.25) is 0 Å². The Kier molecular flexibility index (Phi) is 6.39. The van der Waals surface area contributed by atoms with Crippen molar-refractivity contribution in [2.45, 2.75) is 38.8 Å². The molecule has 2 amide bonds. The van der Waals surface area contributed by atoms with Crippen LogP contribution < -0.4 is 10.1 Å². The highest BCUT2D eigenvalue weighted by Gasteiger charge is 2.35. The zero-order valence-corrected chi connectivity index (χ0v) is 17.7. The molecule has 3 aromatic rings. The van der Waals surface area contributed by atoms with Gasteiger partial charge in [-0.1, -0.05) is 24.3 Å². The van der Waals surface area contributed by atoms with E-state index >= 15 is 0 Å². The van der Waals surface area contributed by atoms with Crippen LogP contribution in [-0.4, -0.2) is 47.4 Å². The highest BCUT2D eigenvalue weighted by atomic mass is 19.3. The number of benzene rings is 2. The summed E-state index contributed by atoms with van der Waals surface area (Å²) in [7, 11) is 0. The SMILES string of the molecule is Cc1ccc2c(CCNC(=O)C3CCCN3C(=O)c3ccccc3OC(F)F)c[nH]c2c1. The number of fused-ring (bicyclic) bond motifs is 1. The number of aromatic amines is 1. The maximum absolute atomic E-state index is 13.0. The molecule has 0 spiro atoms. The fraction of sp³-hybridized carbons (Fsp3) is 0.333. The summed E-state index contributed by atoms with van der Waals surface area (Å²) in [5, 5.41) is 4.05. The van der Waals surface area contributed by atoms with Gasteiger partial charge in [0.05, 0.1) is 5.56 Å². The monoisotopic (exact) mass is 441 g/mol. The number of nitrogens with one attached hydrogen (secondary N) is 2. The van der Waals surface area contributed by atoms with E-state index in [0.29, 0.717) is 32.4 Å². The van der Waals surface area contributed by atoms with E-state index in [4.69, 9.17) is 0 Å². The second kappa shape index (κ2) is 9.38. The summed E-state index contributed by atoms with van der Waals surface area (Å²) in [6, 6.07) is 11.4. The number of halogens is 2. The van der Waals surface area contributed by atoms with E-state index in [-0.39, 0.29) is 17.2 Å². The van der Waals surface area contributed by atoms with Crippen molar-refractivity contribution in [1.82, 2.24) is 15.2 Å². The van der Waals surface area contributed by atoms with E-state index in [2.05, 4.69) is 33.2 Å². The van der Waals surface area contributed by atoms with Crippen molar-refractivity contribution in [1.29, 1.82) is 0 Å². The Morgan fingerprint density at radius 3 is 2.88 bits per heavy atom. The molecule has 1 unspecified atom stereocenters. The molecule has 1 aromatic heterocycles. The van der Waals surface area contributed by atoms with E-state index < -0.39 is 18.6 Å². The number of para-hydroxylation sites is 1. The third kappa shape index (κ3) is 4.59. The van der Waals surface area contributed by atoms with Gasteiger partial charge < -0.3 is 19.9 Å². The number of hydrogen-bond acceptors (Lipinski definition) is 3. The molecule has 2 heterocycles. The minimum Gasteiger partial charge on any atom is -0.434 e. The van der Waals surface area contributed by atoms with Gasteiger partial charge in [0, 0.05) is 30.2 Å². The van der Waals surface area contributed by atoms with Crippen LogP contribution in [0.25, 0.3) is 10.9 Å². The first-order valence-corrected chi connectivity index (χ1v) is 10.6. The zero-order valence-electron chi connectivity index (χ0n) is 17.7. The third-order valence-electron chi connectivity index (χ3n) is 5.77. The molecule has 2 aromatic carbocycles. The second-order valence-electron chi connectivity index (χ2n) is 7.94. The lowest BCUT2D eigenvalue weighted by molar-refractivity contribution is -0.124. The van der Waals surface area contributed by atoms with Crippen LogP contribution in [0.3, 0.4) is 0 Å². The normalized spacial score (nSPS) is 16.0. The van der Waals surface area contributed by atoms with E-state index in [1.807, 2.05) is 13.1 Å². The van der Waals surface area contributed by atoms with Crippen LogP contribution >= 0.6 is 0 Å². The number of ether oxygens (including phenoxy) is 1. The number of aromatic nitrogens is 1. The Labute approximate surface area is 184 Å². The Balaban J connectivity index is 1.40. The maximum Gasteiger partial charge on any atom is 0.387 e. The van der Waals surface area contributed by atoms with E-state index in [9.17, 15) is 18.4 Å². The predicted molar refractivity (Wildman–Crippen MR) is 117 cm³/mol. The van der Waals surface area contributed by atoms with Crippen molar-refractivity contribution < 1.29 is 23.1 Å². The fourth-order valence-electron chi connectivity index (χ4n) is 4.22. The lowest BCUT2D eigenvalue weighted by Crippen LogP contribution is -2.46. The highest BCUT2D eigenvalue weighted by molar-refractivity contribution is 6.00. The van der Waals surface area contributed by atoms with E-state index in [1.54, 1.807) is 6.07 Å². The molecule has 8 heteroatoms. The number of alkyl halides is 2. The van der Waals surface area contributed by atoms with Gasteiger partial charge in [-0.25, -0.2) is 0 Å². The molecule has 0 radical (unpaired) electrons. The number of H-pyrrole nitrogens is 1. The molecule has 168 valence electrons. The topological polar surface area (TPSA) is 74.4 Å². The van der Waals surface area contributed by atoms with Gasteiger partial charge >= 0.3 is 6.61 Å². The van der Waals surface area contributed by atoms with Gasteiger partial charge in [-0.3, -0.25) is 9.59 Å². The first-order valence-electron chi connectivity index (χ1n) is 10.6. The molecule has 2 N–H and O–H groups in total. The van der Waals surface area contributed by atoms with E-state index in [0.717, 1.165) is 16.5 Å². The molecule has 32 heavy (non-hydrogen) atoms. The molecular formula is C24H25F2N3O3. The molecule has 6 nitrogen and oxygen atoms in total. The van der Waals surface area contributed by atoms with Gasteiger partial charge in [0.15, 0.2) is 0 Å². The predicted octanol–water partition coefficient (Wildman–Crippen LogP) is 4.04. The highest BCUT2D eigenvalue weighted by Crippen LogP contribution is 2.26. The summed E-state index contributed by atoms with van der Waals surface area (Å²) in [6.07, 6.45) is 3.80. The molecule has 1 aliphatic rings. The van der Waals surface area contributed by atoms with Gasteiger partial charge in [-0.2, -0.15) is 8.78 Å². The summed E-state index contributed by atoms with van der Waals surface area (Å²) >= 11 is 0. The third-order valence-corrected chi connectivity index (χ3v) is 5.77. The van der Waals surface area contributed by atoms with Crippen LogP contribution in [0.5, 0.6) is 5.75 Å². The average Bonchev–Trinajstić information content (AvgIpc) is 3.40. The second-order valence-corrected chi connectivity index (χ2v) is 7.94. The van der Waals surface area contributed by atoms with Crippen molar-refractivity contribution in [2.24, 2.45) is 0 Å². The van der Waals surface area contributed by atoms with Gasteiger partial charge in [0.2, 0.25) is 5.91 Å². The van der Waals surface area contributed by atoms with Crippen molar-refractivity contribution >= 4 is 22.7 Å². The van der Waals surface area contributed by atoms with Gasteiger partial charge in [-0.15, -0.1) is 0 Å². The first kappa shape index (κ1) is 21.8. The largest absolute Gasteiger partial charge is 0.434 e. The standard InChI is InChI=1S/C24H25F2N3O3/c1-15-8-9-17-16(14-28-19(17)13-15)10-11-27-22(30)20-6-4-12-29(20)23(31)18-5-2-3-7-21(18)32-24(25)26/h2-3,5,7-9,13-14,20,24,28H,4,6,10-12H2,1H3,(H,27,30). The summed E-state index contributed by atoms with van der Waals surface area (Å²) in [4.78, 5) is 30.5. The summed E-state index contributed by atoms with van der Waals surface area (Å²) in [5.74, 6) is -0.905. The molecule has 0 aliphatic carbocycles. The van der Waals surface area contributed by atoms with Gasteiger partial charge in [0.1, 0.15) is 11.8 Å². The lowest BCUT2D eigenvalue weighted by Gasteiger charge is -2.25. The van der Waals surface area contributed by atoms with Crippen LogP contribution in [0.15, 0.2) is 48.7 Å². The molecule has 0 saturated carbocycles. The van der Waals surface area contributed by atoms with Crippen molar-refractivity contribution in [3.63, 3.8) is 0 Å². The van der Waals surface area contributed by atoms with Gasteiger partial charge in [-0.05, 0) is 55.5 Å².